The van der Waals surface area contributed by atoms with Gasteiger partial charge in [0.15, 0.2) is 11.5 Å². The fourth-order valence-electron chi connectivity index (χ4n) is 3.10. The summed E-state index contributed by atoms with van der Waals surface area (Å²) in [5.74, 6) is 0.294. The topological polar surface area (TPSA) is 77.6 Å². The summed E-state index contributed by atoms with van der Waals surface area (Å²) in [6, 6.07) is 13.7. The van der Waals surface area contributed by atoms with Gasteiger partial charge in [-0.15, -0.1) is 0 Å². The fraction of sp³-hybridized carbons (Fsp3) is 0.238. The number of pyridine rings is 1. The van der Waals surface area contributed by atoms with Crippen LogP contribution >= 0.6 is 0 Å². The van der Waals surface area contributed by atoms with Crippen molar-refractivity contribution in [2.45, 2.75) is 33.4 Å². The van der Waals surface area contributed by atoms with Crippen LogP contribution in [-0.4, -0.2) is 30.5 Å². The Labute approximate surface area is 163 Å². The molecule has 0 aliphatic heterocycles. The zero-order valence-electron chi connectivity index (χ0n) is 16.1. The number of carbonyl (C=O) groups is 1. The molecule has 0 spiro atoms. The van der Waals surface area contributed by atoms with Gasteiger partial charge in [0.2, 0.25) is 0 Å². The van der Waals surface area contributed by atoms with E-state index in [1.165, 1.54) is 0 Å². The lowest BCUT2D eigenvalue weighted by Crippen LogP contribution is -2.14. The maximum Gasteiger partial charge on any atom is 0.257 e. The Hall–Kier alpha value is -3.48. The first-order chi connectivity index (χ1) is 13.6. The van der Waals surface area contributed by atoms with Gasteiger partial charge in [0, 0.05) is 30.4 Å². The predicted molar refractivity (Wildman–Crippen MR) is 109 cm³/mol. The highest BCUT2D eigenvalue weighted by molar-refractivity contribution is 6.12. The van der Waals surface area contributed by atoms with Crippen molar-refractivity contribution < 1.29 is 4.79 Å². The van der Waals surface area contributed by atoms with Gasteiger partial charge in [0.25, 0.3) is 5.91 Å². The van der Waals surface area contributed by atoms with E-state index in [0.29, 0.717) is 23.6 Å². The summed E-state index contributed by atoms with van der Waals surface area (Å²) in [5.41, 5.74) is 2.91. The molecule has 0 aliphatic carbocycles. The van der Waals surface area contributed by atoms with E-state index >= 15 is 0 Å². The van der Waals surface area contributed by atoms with E-state index in [0.717, 1.165) is 16.6 Å². The van der Waals surface area contributed by atoms with Crippen molar-refractivity contribution in [3.05, 3.63) is 60.4 Å². The Morgan fingerprint density at radius 1 is 1.18 bits per heavy atom. The summed E-state index contributed by atoms with van der Waals surface area (Å²) in [7, 11) is 0. The lowest BCUT2D eigenvalue weighted by Gasteiger charge is -2.09. The van der Waals surface area contributed by atoms with Crippen molar-refractivity contribution in [3.63, 3.8) is 0 Å². The summed E-state index contributed by atoms with van der Waals surface area (Å²) < 4.78 is 3.61. The van der Waals surface area contributed by atoms with Gasteiger partial charge in [0.1, 0.15) is 0 Å². The van der Waals surface area contributed by atoms with Gasteiger partial charge in [-0.25, -0.2) is 9.67 Å². The molecule has 4 rings (SSSR count). The molecule has 1 aromatic carbocycles. The Kier molecular flexibility index (Phi) is 4.65. The van der Waals surface area contributed by atoms with Gasteiger partial charge < -0.3 is 5.32 Å². The number of hydrogen-bond donors (Lipinski definition) is 1. The molecule has 3 heterocycles. The quantitative estimate of drug-likeness (QED) is 0.569. The molecule has 0 radical (unpaired) electrons. The molecular weight excluding hydrogens is 352 g/mol. The maximum atomic E-state index is 13.1. The third kappa shape index (κ3) is 3.26. The molecule has 4 aromatic rings. The van der Waals surface area contributed by atoms with Gasteiger partial charge in [-0.3, -0.25) is 9.48 Å². The van der Waals surface area contributed by atoms with Gasteiger partial charge in [-0.2, -0.15) is 10.2 Å². The van der Waals surface area contributed by atoms with Crippen molar-refractivity contribution in [3.8, 4) is 11.3 Å². The van der Waals surface area contributed by atoms with Crippen LogP contribution in [0.15, 0.2) is 54.9 Å². The van der Waals surface area contributed by atoms with E-state index in [-0.39, 0.29) is 11.9 Å². The molecule has 0 saturated heterocycles. The molecule has 0 unspecified atom stereocenters. The summed E-state index contributed by atoms with van der Waals surface area (Å²) in [5, 5.41) is 12.4. The van der Waals surface area contributed by atoms with Crippen LogP contribution in [0.2, 0.25) is 0 Å². The molecule has 0 aliphatic rings. The minimum Gasteiger partial charge on any atom is -0.305 e. The third-order valence-corrected chi connectivity index (χ3v) is 4.60. The molecule has 3 aromatic heterocycles. The van der Waals surface area contributed by atoms with Crippen LogP contribution < -0.4 is 5.32 Å². The van der Waals surface area contributed by atoms with Crippen molar-refractivity contribution in [1.29, 1.82) is 0 Å². The molecule has 0 fully saturated rings. The molecule has 1 N–H and O–H groups in total. The van der Waals surface area contributed by atoms with Crippen LogP contribution in [0, 0.1) is 0 Å². The summed E-state index contributed by atoms with van der Waals surface area (Å²) in [4.78, 5) is 17.8. The predicted octanol–water partition coefficient (Wildman–Crippen LogP) is 4.15. The van der Waals surface area contributed by atoms with E-state index < -0.39 is 0 Å². The highest BCUT2D eigenvalue weighted by atomic mass is 16.1. The molecule has 28 heavy (non-hydrogen) atoms. The number of anilines is 1. The highest BCUT2D eigenvalue weighted by Crippen LogP contribution is 2.25. The number of rotatable bonds is 5. The Morgan fingerprint density at radius 2 is 1.96 bits per heavy atom. The SMILES string of the molecule is CCn1ncc2c(C(=O)Nc3ccn(C(C)C)n3)cc(-c3ccccc3)nc21. The number of nitrogens with zero attached hydrogens (tertiary/aromatic N) is 5. The van der Waals surface area contributed by atoms with Crippen LogP contribution in [0.5, 0.6) is 0 Å². The summed E-state index contributed by atoms with van der Waals surface area (Å²) in [6.45, 7) is 6.75. The van der Waals surface area contributed by atoms with Crippen LogP contribution in [0.3, 0.4) is 0 Å². The smallest absolute Gasteiger partial charge is 0.257 e. The highest BCUT2D eigenvalue weighted by Gasteiger charge is 2.18. The number of nitrogens with one attached hydrogen (secondary N) is 1. The number of hydrogen-bond acceptors (Lipinski definition) is 4. The van der Waals surface area contributed by atoms with Gasteiger partial charge >= 0.3 is 0 Å². The van der Waals surface area contributed by atoms with Crippen molar-refractivity contribution >= 4 is 22.8 Å². The van der Waals surface area contributed by atoms with E-state index in [4.69, 9.17) is 4.98 Å². The Bertz CT molecular complexity index is 1130. The second kappa shape index (κ2) is 7.26. The van der Waals surface area contributed by atoms with E-state index in [1.54, 1.807) is 16.9 Å². The second-order valence-electron chi connectivity index (χ2n) is 6.85. The van der Waals surface area contributed by atoms with Crippen LogP contribution in [0.4, 0.5) is 5.82 Å². The van der Waals surface area contributed by atoms with E-state index in [2.05, 4.69) is 15.5 Å². The minimum absolute atomic E-state index is 0.228. The standard InChI is InChI=1S/C21H22N6O/c1-4-26-20-17(13-22-26)16(12-18(23-20)15-8-6-5-7-9-15)21(28)24-19-10-11-27(25-19)14(2)3/h5-14H,4H2,1-3H3,(H,24,25,28). The maximum absolute atomic E-state index is 13.1. The lowest BCUT2D eigenvalue weighted by atomic mass is 10.1. The molecule has 7 heteroatoms. The normalized spacial score (nSPS) is 11.3. The number of amides is 1. The monoisotopic (exact) mass is 374 g/mol. The van der Waals surface area contributed by atoms with Crippen molar-refractivity contribution in [2.75, 3.05) is 5.32 Å². The zero-order chi connectivity index (χ0) is 19.7. The average Bonchev–Trinajstić information content (AvgIpc) is 3.34. The number of benzene rings is 1. The Balaban J connectivity index is 1.78. The van der Waals surface area contributed by atoms with Crippen LogP contribution in [-0.2, 0) is 6.54 Å². The first-order valence-electron chi connectivity index (χ1n) is 9.35. The van der Waals surface area contributed by atoms with Crippen LogP contribution in [0.25, 0.3) is 22.3 Å². The summed E-state index contributed by atoms with van der Waals surface area (Å²) >= 11 is 0. The molecule has 0 bridgehead atoms. The average molecular weight is 374 g/mol. The number of aromatic nitrogens is 5. The third-order valence-electron chi connectivity index (χ3n) is 4.60. The van der Waals surface area contributed by atoms with Gasteiger partial charge in [-0.05, 0) is 26.8 Å². The molecule has 0 atom stereocenters. The number of carbonyl (C=O) groups excluding carboxylic acids is 1. The van der Waals surface area contributed by atoms with Crippen molar-refractivity contribution in [1.82, 2.24) is 24.5 Å². The second-order valence-corrected chi connectivity index (χ2v) is 6.85. The molecule has 0 saturated carbocycles. The lowest BCUT2D eigenvalue weighted by molar-refractivity contribution is 0.102. The molecule has 1 amide bonds. The molecule has 142 valence electrons. The first-order valence-corrected chi connectivity index (χ1v) is 9.35. The largest absolute Gasteiger partial charge is 0.305 e. The van der Waals surface area contributed by atoms with Gasteiger partial charge in [0.05, 0.1) is 22.8 Å². The fourth-order valence-corrected chi connectivity index (χ4v) is 3.10. The first kappa shape index (κ1) is 17.9. The van der Waals surface area contributed by atoms with Gasteiger partial charge in [-0.1, -0.05) is 30.3 Å². The zero-order valence-corrected chi connectivity index (χ0v) is 16.1. The molecule has 7 nitrogen and oxygen atoms in total. The molecular formula is C21H22N6O. The van der Waals surface area contributed by atoms with Crippen molar-refractivity contribution in [2.24, 2.45) is 0 Å². The number of fused-ring (bicyclic) bond motifs is 1. The van der Waals surface area contributed by atoms with E-state index in [9.17, 15) is 4.79 Å². The minimum atomic E-state index is -0.228. The number of aryl methyl sites for hydroxylation is 1. The Morgan fingerprint density at radius 3 is 2.64 bits per heavy atom. The van der Waals surface area contributed by atoms with Crippen LogP contribution in [0.1, 0.15) is 37.2 Å². The summed E-state index contributed by atoms with van der Waals surface area (Å²) in [6.07, 6.45) is 3.55. The van der Waals surface area contributed by atoms with E-state index in [1.807, 2.05) is 68.0 Å².